The molecule has 29 heteroatoms. The SMILES string of the molecule is Cc1ccccc1Nc1ccc(N=Nc2ccc(Nc3ccc(N=Nc4c(S(=O)(=O)O)cc5cc(S(=O)(=O)O)c(N=Nc6ccc([N+](=O)[O-])cc6)c(N)c5c4[O-])cc3S(=O)(=O)[O-])cc2)c([O-])c1.[Na+].[Na+].[Na+]. The van der Waals surface area contributed by atoms with Gasteiger partial charge >= 0.3 is 88.7 Å². The molecule has 0 aliphatic carbocycles. The Bertz CT molecular complexity index is 3590. The summed E-state index contributed by atoms with van der Waals surface area (Å²) in [6.07, 6.45) is 0. The van der Waals surface area contributed by atoms with Crippen molar-refractivity contribution < 1.29 is 143 Å². The summed E-state index contributed by atoms with van der Waals surface area (Å²) in [5, 5.41) is 65.4. The number of para-hydroxylation sites is 1. The van der Waals surface area contributed by atoms with Gasteiger partial charge in [-0.3, -0.25) is 19.2 Å². The number of fused-ring (bicyclic) bond motifs is 1. The van der Waals surface area contributed by atoms with E-state index in [-0.39, 0.29) is 117 Å². The van der Waals surface area contributed by atoms with E-state index in [2.05, 4.69) is 41.3 Å². The summed E-state index contributed by atoms with van der Waals surface area (Å²) in [5.74, 6) is -1.77. The van der Waals surface area contributed by atoms with E-state index in [0.717, 1.165) is 53.7 Å². The van der Waals surface area contributed by atoms with Gasteiger partial charge in [0.05, 0.1) is 49.6 Å². The molecule has 0 fully saturated rings. The van der Waals surface area contributed by atoms with Gasteiger partial charge in [0.15, 0.2) is 0 Å². The van der Waals surface area contributed by atoms with Gasteiger partial charge in [-0.25, -0.2) is 8.42 Å². The standard InChI is InChI=1S/C41H32N10O13S3.3Na/c1-22-4-2-3-5-30(22)44-27-12-16-31(33(52)20-27)48-45-25-8-6-24(7-9-25)43-32-17-13-28(21-34(32)65(56,57)58)47-50-40-36(67(62,63)64)19-23-18-35(66(59,60)61)39(38(42)37(23)41(40)53)49-46-26-10-14-29(15-11-26)51(54)55;;;/h2-21,43-44,52-53H,42H2,1H3,(H,56,57,58)(H,59,60,61)(H,62,63,64);;;/q;3*+1/p-3. The average Bonchev–Trinajstić information content (AvgIpc) is 3.26. The van der Waals surface area contributed by atoms with Gasteiger partial charge in [-0.15, -0.1) is 10.2 Å². The predicted octanol–water partition coefficient (Wildman–Crippen LogP) is -0.0713. The molecule has 0 saturated heterocycles. The summed E-state index contributed by atoms with van der Waals surface area (Å²) >= 11 is 0. The largest absolute Gasteiger partial charge is 1.00 e. The van der Waals surface area contributed by atoms with Gasteiger partial charge < -0.3 is 31.1 Å². The molecule has 0 unspecified atom stereocenters. The summed E-state index contributed by atoms with van der Waals surface area (Å²) in [6, 6.07) is 26.6. The number of non-ortho nitro benzene ring substituents is 1. The third kappa shape index (κ3) is 13.6. The zero-order valence-corrected chi connectivity index (χ0v) is 45.3. The van der Waals surface area contributed by atoms with Crippen LogP contribution in [0.4, 0.5) is 68.2 Å². The number of nitrogen functional groups attached to an aromatic ring is 1. The summed E-state index contributed by atoms with van der Waals surface area (Å²) < 4.78 is 107. The number of nitro benzene ring substituents is 1. The van der Waals surface area contributed by atoms with Crippen molar-refractivity contribution in [2.24, 2.45) is 30.7 Å². The van der Waals surface area contributed by atoms with E-state index >= 15 is 0 Å². The maximum Gasteiger partial charge on any atom is 1.00 e. The van der Waals surface area contributed by atoms with Crippen molar-refractivity contribution in [1.82, 2.24) is 0 Å². The minimum absolute atomic E-state index is 0. The molecule has 0 aromatic heterocycles. The Morgan fingerprint density at radius 1 is 0.586 bits per heavy atom. The van der Waals surface area contributed by atoms with E-state index in [1.54, 1.807) is 6.07 Å². The monoisotopic (exact) mass is 1030 g/mol. The smallest absolute Gasteiger partial charge is 0.871 e. The molecule has 23 nitrogen and oxygen atoms in total. The van der Waals surface area contributed by atoms with E-state index in [1.807, 2.05) is 31.2 Å². The maximum absolute atomic E-state index is 13.9. The van der Waals surface area contributed by atoms with Gasteiger partial charge in [-0.05, 0) is 109 Å². The van der Waals surface area contributed by atoms with Crippen LogP contribution in [0.3, 0.4) is 0 Å². The van der Waals surface area contributed by atoms with Crippen LogP contribution in [-0.4, -0.2) is 43.8 Å². The van der Waals surface area contributed by atoms with Gasteiger partial charge in [-0.2, -0.15) is 37.3 Å². The average molecular weight is 1030 g/mol. The minimum Gasteiger partial charge on any atom is -0.871 e. The Balaban J connectivity index is 0.00000355. The molecule has 0 saturated carbocycles. The molecule has 7 aromatic rings. The van der Waals surface area contributed by atoms with Crippen LogP contribution in [0.5, 0.6) is 11.5 Å². The van der Waals surface area contributed by atoms with Crippen molar-refractivity contribution in [3.63, 3.8) is 0 Å². The van der Waals surface area contributed by atoms with E-state index in [4.69, 9.17) is 5.73 Å². The Morgan fingerprint density at radius 2 is 1.10 bits per heavy atom. The zero-order valence-electron chi connectivity index (χ0n) is 36.9. The number of nitro groups is 1. The fraction of sp³-hybridized carbons (Fsp3) is 0.0244. The summed E-state index contributed by atoms with van der Waals surface area (Å²) in [7, 11) is -15.9. The summed E-state index contributed by atoms with van der Waals surface area (Å²) in [6.45, 7) is 1.92. The van der Waals surface area contributed by atoms with Gasteiger partial charge in [-0.1, -0.05) is 29.7 Å². The molecule has 342 valence electrons. The van der Waals surface area contributed by atoms with Crippen LogP contribution in [0.2, 0.25) is 0 Å². The first-order valence-electron chi connectivity index (χ1n) is 18.7. The summed E-state index contributed by atoms with van der Waals surface area (Å²) in [4.78, 5) is 7.18. The molecule has 7 rings (SSSR count). The van der Waals surface area contributed by atoms with Crippen LogP contribution >= 0.6 is 0 Å². The first-order chi connectivity index (χ1) is 31.6. The van der Waals surface area contributed by atoms with Crippen LogP contribution in [0.1, 0.15) is 5.56 Å². The molecular weight excluding hydrogens is 1010 g/mol. The number of hydrogen-bond acceptors (Lipinski definition) is 20. The second kappa shape index (κ2) is 23.3. The summed E-state index contributed by atoms with van der Waals surface area (Å²) in [5.41, 5.74) is 5.45. The van der Waals surface area contributed by atoms with Crippen molar-refractivity contribution in [2.75, 3.05) is 16.4 Å². The number of hydrogen-bond donors (Lipinski definition) is 5. The number of aryl methyl sites for hydroxylation is 1. The van der Waals surface area contributed by atoms with E-state index in [0.29, 0.717) is 23.5 Å². The number of anilines is 5. The van der Waals surface area contributed by atoms with Crippen LogP contribution in [0.15, 0.2) is 167 Å². The third-order valence-corrected chi connectivity index (χ3v) is 12.1. The normalized spacial score (nSPS) is 11.8. The van der Waals surface area contributed by atoms with Crippen LogP contribution in [-0.2, 0) is 30.4 Å². The third-order valence-electron chi connectivity index (χ3n) is 9.48. The fourth-order valence-electron chi connectivity index (χ4n) is 6.25. The first kappa shape index (κ1) is 57.3. The quantitative estimate of drug-likeness (QED) is 0.0238. The van der Waals surface area contributed by atoms with E-state index in [9.17, 15) is 59.2 Å². The topological polar surface area (TPSA) is 379 Å². The maximum atomic E-state index is 13.9. The molecular formula is C41H29N10Na3O13S3. The van der Waals surface area contributed by atoms with Gasteiger partial charge in [0.1, 0.15) is 25.6 Å². The number of azo groups is 3. The number of benzene rings is 7. The predicted molar refractivity (Wildman–Crippen MR) is 238 cm³/mol. The molecule has 0 radical (unpaired) electrons. The van der Waals surface area contributed by atoms with Crippen molar-refractivity contribution in [3.05, 3.63) is 137 Å². The molecule has 7 aromatic carbocycles. The van der Waals surface area contributed by atoms with Crippen LogP contribution in [0, 0.1) is 17.0 Å². The molecule has 0 spiro atoms. The van der Waals surface area contributed by atoms with E-state index < -0.39 is 95.0 Å². The van der Waals surface area contributed by atoms with E-state index in [1.165, 1.54) is 36.4 Å². The fourth-order valence-corrected chi connectivity index (χ4v) is 8.23. The van der Waals surface area contributed by atoms with Crippen molar-refractivity contribution in [1.29, 1.82) is 0 Å². The number of nitrogens with one attached hydrogen (secondary N) is 2. The molecule has 0 bridgehead atoms. The number of nitrogens with two attached hydrogens (primary N) is 1. The first-order valence-corrected chi connectivity index (χ1v) is 23.0. The molecule has 0 amide bonds. The second-order valence-electron chi connectivity index (χ2n) is 14.0. The molecule has 0 atom stereocenters. The van der Waals surface area contributed by atoms with Crippen molar-refractivity contribution in [3.8, 4) is 11.5 Å². The van der Waals surface area contributed by atoms with Crippen molar-refractivity contribution >= 4 is 109 Å². The molecule has 0 aliphatic rings. The van der Waals surface area contributed by atoms with Gasteiger partial charge in [0.25, 0.3) is 25.9 Å². The Morgan fingerprint density at radius 3 is 1.67 bits per heavy atom. The van der Waals surface area contributed by atoms with Gasteiger partial charge in [0, 0.05) is 34.6 Å². The zero-order chi connectivity index (χ0) is 48.4. The Hall–Kier alpha value is -5.27. The van der Waals surface area contributed by atoms with Crippen molar-refractivity contribution in [2.45, 2.75) is 21.6 Å². The Labute approximate surface area is 464 Å². The second-order valence-corrected chi connectivity index (χ2v) is 18.2. The number of nitrogens with zero attached hydrogens (tertiary/aromatic N) is 7. The number of rotatable bonds is 14. The van der Waals surface area contributed by atoms with Crippen LogP contribution < -0.4 is 115 Å². The van der Waals surface area contributed by atoms with Crippen LogP contribution in [0.25, 0.3) is 10.8 Å². The minimum atomic E-state index is -5.37. The molecule has 6 N–H and O–H groups in total. The van der Waals surface area contributed by atoms with Gasteiger partial charge in [0.2, 0.25) is 0 Å². The molecule has 0 aliphatic heterocycles. The molecule has 70 heavy (non-hydrogen) atoms. The Kier molecular flexibility index (Phi) is 19.1. The molecule has 0 heterocycles.